The van der Waals surface area contributed by atoms with Gasteiger partial charge in [0.25, 0.3) is 0 Å². The molecule has 0 spiro atoms. The van der Waals surface area contributed by atoms with E-state index >= 15 is 0 Å². The van der Waals surface area contributed by atoms with Crippen molar-refractivity contribution in [3.63, 3.8) is 0 Å². The van der Waals surface area contributed by atoms with Crippen LogP contribution < -0.4 is 19.1 Å². The second kappa shape index (κ2) is 13.0. The molecule has 3 rings (SSSR count). The third-order valence-corrected chi connectivity index (χ3v) is 8.36. The standard InChI is InChI=1S/C28H39N3O6S/c1-6-21(5)29-28(33)24(7-2)30(18-22-11-9-10-20(4)16-22)27(32)19-31(38(34,35)8-3)23-12-13-25-26(17-23)37-15-14-36-25/h9-13,16-17,21,24H,6-8,14-15,18-19H2,1-5H3,(H,29,33)/t21-,24-/m0/s1. The van der Waals surface area contributed by atoms with Crippen molar-refractivity contribution in [3.8, 4) is 11.5 Å². The lowest BCUT2D eigenvalue weighted by Gasteiger charge is -2.34. The number of fused-ring (bicyclic) bond motifs is 1. The van der Waals surface area contributed by atoms with Crippen molar-refractivity contribution in [1.29, 1.82) is 0 Å². The van der Waals surface area contributed by atoms with Crippen LogP contribution in [0.4, 0.5) is 5.69 Å². The summed E-state index contributed by atoms with van der Waals surface area (Å²) in [5, 5.41) is 2.98. The van der Waals surface area contributed by atoms with Crippen molar-refractivity contribution >= 4 is 27.5 Å². The summed E-state index contributed by atoms with van der Waals surface area (Å²) in [5.41, 5.74) is 2.19. The molecule has 0 saturated carbocycles. The number of amides is 2. The first-order chi connectivity index (χ1) is 18.1. The van der Waals surface area contributed by atoms with Crippen molar-refractivity contribution in [2.45, 2.75) is 66.1 Å². The molecule has 38 heavy (non-hydrogen) atoms. The first kappa shape index (κ1) is 29.3. The lowest BCUT2D eigenvalue weighted by Crippen LogP contribution is -2.53. The highest BCUT2D eigenvalue weighted by Gasteiger charge is 2.33. The number of benzene rings is 2. The second-order valence-electron chi connectivity index (χ2n) is 9.49. The zero-order valence-electron chi connectivity index (χ0n) is 22.9. The van der Waals surface area contributed by atoms with E-state index in [1.165, 1.54) is 11.8 Å². The van der Waals surface area contributed by atoms with Crippen molar-refractivity contribution in [2.24, 2.45) is 0 Å². The van der Waals surface area contributed by atoms with E-state index in [9.17, 15) is 18.0 Å². The van der Waals surface area contributed by atoms with E-state index in [0.29, 0.717) is 36.8 Å². The molecule has 2 aromatic carbocycles. The van der Waals surface area contributed by atoms with Crippen LogP contribution in [0.5, 0.6) is 11.5 Å². The zero-order valence-corrected chi connectivity index (χ0v) is 23.7. The number of rotatable bonds is 12. The Morgan fingerprint density at radius 3 is 2.34 bits per heavy atom. The van der Waals surface area contributed by atoms with Gasteiger partial charge in [-0.1, -0.05) is 43.7 Å². The van der Waals surface area contributed by atoms with Crippen LogP contribution in [-0.2, 0) is 26.2 Å². The molecule has 1 heterocycles. The third-order valence-electron chi connectivity index (χ3n) is 6.62. The summed E-state index contributed by atoms with van der Waals surface area (Å²) in [4.78, 5) is 28.6. The molecule has 2 amide bonds. The highest BCUT2D eigenvalue weighted by atomic mass is 32.2. The molecule has 0 fully saturated rings. The molecule has 0 aliphatic carbocycles. The van der Waals surface area contributed by atoms with Crippen LogP contribution in [0.25, 0.3) is 0 Å². The van der Waals surface area contributed by atoms with Crippen molar-refractivity contribution in [2.75, 3.05) is 29.8 Å². The van der Waals surface area contributed by atoms with E-state index in [1.807, 2.05) is 52.0 Å². The summed E-state index contributed by atoms with van der Waals surface area (Å²) < 4.78 is 38.7. The summed E-state index contributed by atoms with van der Waals surface area (Å²) in [6, 6.07) is 11.7. The van der Waals surface area contributed by atoms with Gasteiger partial charge >= 0.3 is 0 Å². The first-order valence-corrected chi connectivity index (χ1v) is 14.8. The minimum atomic E-state index is -3.83. The van der Waals surface area contributed by atoms with Gasteiger partial charge in [-0.15, -0.1) is 0 Å². The number of hydrogen-bond donors (Lipinski definition) is 1. The largest absolute Gasteiger partial charge is 0.486 e. The number of hydrogen-bond acceptors (Lipinski definition) is 6. The smallest absolute Gasteiger partial charge is 0.244 e. The minimum Gasteiger partial charge on any atom is -0.486 e. The number of anilines is 1. The van der Waals surface area contributed by atoms with Crippen LogP contribution in [-0.4, -0.2) is 62.7 Å². The minimum absolute atomic E-state index is 0.0536. The monoisotopic (exact) mass is 545 g/mol. The summed E-state index contributed by atoms with van der Waals surface area (Å²) in [7, 11) is -3.83. The second-order valence-corrected chi connectivity index (χ2v) is 11.7. The lowest BCUT2D eigenvalue weighted by atomic mass is 10.1. The fourth-order valence-corrected chi connectivity index (χ4v) is 5.33. The maximum absolute atomic E-state index is 13.9. The van der Waals surface area contributed by atoms with Gasteiger partial charge < -0.3 is 19.7 Å². The highest BCUT2D eigenvalue weighted by molar-refractivity contribution is 7.92. The van der Waals surface area contributed by atoms with Gasteiger partial charge in [0, 0.05) is 18.7 Å². The van der Waals surface area contributed by atoms with Crippen LogP contribution in [0, 0.1) is 6.92 Å². The van der Waals surface area contributed by atoms with Crippen LogP contribution in [0.2, 0.25) is 0 Å². The molecule has 0 radical (unpaired) electrons. The molecule has 0 aromatic heterocycles. The summed E-state index contributed by atoms with van der Waals surface area (Å²) in [6.45, 7) is 9.71. The first-order valence-electron chi connectivity index (χ1n) is 13.1. The van der Waals surface area contributed by atoms with E-state index in [-0.39, 0.29) is 24.2 Å². The Bertz CT molecular complexity index is 1230. The van der Waals surface area contributed by atoms with Gasteiger partial charge in [0.15, 0.2) is 11.5 Å². The summed E-state index contributed by atoms with van der Waals surface area (Å²) in [6.07, 6.45) is 1.13. The van der Waals surface area contributed by atoms with Crippen molar-refractivity contribution in [1.82, 2.24) is 10.2 Å². The molecule has 0 saturated heterocycles. The molecule has 1 aliphatic rings. The van der Waals surface area contributed by atoms with Gasteiger partial charge in [0.2, 0.25) is 21.8 Å². The Morgan fingerprint density at radius 1 is 1.00 bits per heavy atom. The molecule has 2 aromatic rings. The highest BCUT2D eigenvalue weighted by Crippen LogP contribution is 2.35. The Morgan fingerprint density at radius 2 is 1.71 bits per heavy atom. The van der Waals surface area contributed by atoms with Gasteiger partial charge in [-0.05, 0) is 51.3 Å². The quantitative estimate of drug-likeness (QED) is 0.437. The fourth-order valence-electron chi connectivity index (χ4n) is 4.27. The number of carbonyl (C=O) groups is 2. The fraction of sp³-hybridized carbons (Fsp3) is 0.500. The average Bonchev–Trinajstić information content (AvgIpc) is 2.91. The van der Waals surface area contributed by atoms with Gasteiger partial charge in [-0.25, -0.2) is 8.42 Å². The number of aryl methyl sites for hydroxylation is 1. The normalized spacial score (nSPS) is 14.3. The molecule has 208 valence electrons. The van der Waals surface area contributed by atoms with Crippen molar-refractivity contribution < 1.29 is 27.5 Å². The van der Waals surface area contributed by atoms with E-state index in [4.69, 9.17) is 9.47 Å². The van der Waals surface area contributed by atoms with Gasteiger partial charge in [-0.3, -0.25) is 13.9 Å². The maximum atomic E-state index is 13.9. The Labute approximate surface area is 226 Å². The third kappa shape index (κ3) is 7.18. The van der Waals surface area contributed by atoms with E-state index in [2.05, 4.69) is 5.32 Å². The Hall–Kier alpha value is -3.27. The molecule has 2 atom stereocenters. The molecule has 1 N–H and O–H groups in total. The van der Waals surface area contributed by atoms with E-state index < -0.39 is 28.5 Å². The predicted octanol–water partition coefficient (Wildman–Crippen LogP) is 3.64. The Balaban J connectivity index is 1.98. The van der Waals surface area contributed by atoms with Crippen LogP contribution in [0.1, 0.15) is 51.7 Å². The van der Waals surface area contributed by atoms with Crippen molar-refractivity contribution in [3.05, 3.63) is 53.6 Å². The molecule has 0 unspecified atom stereocenters. The maximum Gasteiger partial charge on any atom is 0.244 e. The van der Waals surface area contributed by atoms with E-state index in [1.54, 1.807) is 18.2 Å². The average molecular weight is 546 g/mol. The summed E-state index contributed by atoms with van der Waals surface area (Å²) >= 11 is 0. The number of nitrogens with zero attached hydrogens (tertiary/aromatic N) is 2. The Kier molecular flexibility index (Phi) is 10.0. The van der Waals surface area contributed by atoms with Crippen LogP contribution in [0.3, 0.4) is 0 Å². The number of ether oxygens (including phenoxy) is 2. The van der Waals surface area contributed by atoms with Gasteiger partial charge in [0.1, 0.15) is 25.8 Å². The summed E-state index contributed by atoms with van der Waals surface area (Å²) in [5.74, 6) is 0.0253. The van der Waals surface area contributed by atoms with Gasteiger partial charge in [0.05, 0.1) is 11.4 Å². The number of sulfonamides is 1. The molecule has 9 nitrogen and oxygen atoms in total. The molecule has 10 heteroatoms. The number of nitrogens with one attached hydrogen (secondary N) is 1. The molecular formula is C28H39N3O6S. The van der Waals surface area contributed by atoms with Gasteiger partial charge in [-0.2, -0.15) is 0 Å². The SMILES string of the molecule is CC[C@H](C)NC(=O)[C@H](CC)N(Cc1cccc(C)c1)C(=O)CN(c1ccc2c(c1)OCCO2)S(=O)(=O)CC. The predicted molar refractivity (Wildman–Crippen MR) is 148 cm³/mol. The molecule has 0 bridgehead atoms. The molecule has 1 aliphatic heterocycles. The van der Waals surface area contributed by atoms with Crippen LogP contribution >= 0.6 is 0 Å². The zero-order chi connectivity index (χ0) is 27.9. The van der Waals surface area contributed by atoms with Crippen LogP contribution in [0.15, 0.2) is 42.5 Å². The topological polar surface area (TPSA) is 105 Å². The lowest BCUT2D eigenvalue weighted by molar-refractivity contribution is -0.140. The molecular weight excluding hydrogens is 506 g/mol. The van der Waals surface area contributed by atoms with E-state index in [0.717, 1.165) is 21.9 Å². The number of carbonyl (C=O) groups excluding carboxylic acids is 2.